The number of hydrogen-bond acceptors (Lipinski definition) is 8. The molecular formula is C27H22Cl6O9. The van der Waals surface area contributed by atoms with Gasteiger partial charge in [-0.05, 0) is 60.0 Å². The van der Waals surface area contributed by atoms with Crippen LogP contribution < -0.4 is 14.2 Å². The molecule has 15 heteroatoms. The quantitative estimate of drug-likeness (QED) is 0.0631. The van der Waals surface area contributed by atoms with Crippen molar-refractivity contribution in [3.8, 4) is 17.2 Å². The van der Waals surface area contributed by atoms with Crippen LogP contribution in [0.2, 0.25) is 0 Å². The summed E-state index contributed by atoms with van der Waals surface area (Å²) in [4.78, 5) is 40.8. The normalized spacial score (nSPS) is 11.5. The maximum Gasteiger partial charge on any atom is 0.344 e. The van der Waals surface area contributed by atoms with Crippen LogP contribution in [0.1, 0.15) is 16.7 Å². The molecule has 2 N–H and O–H groups in total. The van der Waals surface area contributed by atoms with Crippen molar-refractivity contribution in [2.75, 3.05) is 7.11 Å². The number of ether oxygens (including phenoxy) is 3. The van der Waals surface area contributed by atoms with E-state index in [1.807, 2.05) is 0 Å². The van der Waals surface area contributed by atoms with Crippen molar-refractivity contribution in [3.05, 3.63) is 77.1 Å². The number of esters is 2. The monoisotopic (exact) mass is 700 g/mol. The van der Waals surface area contributed by atoms with Gasteiger partial charge in [-0.1, -0.05) is 93.9 Å². The summed E-state index contributed by atoms with van der Waals surface area (Å²) in [5, 5.41) is 17.8. The average molecular weight is 703 g/mol. The number of hydrogen-bond donors (Lipinski definition) is 2. The third-order valence-electron chi connectivity index (χ3n) is 4.53. The van der Waals surface area contributed by atoms with Crippen LogP contribution in [-0.4, -0.2) is 55.5 Å². The van der Waals surface area contributed by atoms with Crippen LogP contribution in [0, 0.1) is 6.92 Å². The molecule has 0 fully saturated rings. The number of alkyl halides is 6. The zero-order valence-corrected chi connectivity index (χ0v) is 26.1. The molecule has 0 atom stereocenters. The number of ketones is 1. The van der Waals surface area contributed by atoms with Gasteiger partial charge >= 0.3 is 17.9 Å². The van der Waals surface area contributed by atoms with Gasteiger partial charge in [0.1, 0.15) is 11.5 Å². The molecule has 2 aromatic carbocycles. The van der Waals surface area contributed by atoms with Crippen LogP contribution in [0.3, 0.4) is 0 Å². The van der Waals surface area contributed by atoms with Crippen molar-refractivity contribution in [1.82, 2.24) is 0 Å². The minimum Gasteiger partial charge on any atom is -0.508 e. The van der Waals surface area contributed by atoms with E-state index in [2.05, 4.69) is 0 Å². The van der Waals surface area contributed by atoms with Gasteiger partial charge in [-0.2, -0.15) is 0 Å². The molecule has 2 aromatic rings. The van der Waals surface area contributed by atoms with Gasteiger partial charge < -0.3 is 24.4 Å². The number of halogens is 6. The Morgan fingerprint density at radius 3 is 1.67 bits per heavy atom. The van der Waals surface area contributed by atoms with E-state index in [1.165, 1.54) is 37.5 Å². The Bertz CT molecular complexity index is 1370. The SMILES string of the molecule is COc1cc(/C=C/C(=O)/C=C(O)/C=C/c2ccc(OC(=O)C(Cl)Cl)c(C)c2)ccc1OC(=O)C(Cl)Cl.O=C(O)C(Cl)Cl. The predicted octanol–water partition coefficient (Wildman–Crippen LogP) is 7.03. The molecule has 0 aromatic heterocycles. The van der Waals surface area contributed by atoms with Crippen molar-refractivity contribution in [2.24, 2.45) is 0 Å². The Morgan fingerprint density at radius 2 is 1.19 bits per heavy atom. The molecule has 0 radical (unpaired) electrons. The first-order chi connectivity index (χ1) is 19.6. The third kappa shape index (κ3) is 13.8. The molecular weight excluding hydrogens is 681 g/mol. The maximum absolute atomic E-state index is 12.2. The van der Waals surface area contributed by atoms with Gasteiger partial charge in [-0.3, -0.25) is 4.79 Å². The van der Waals surface area contributed by atoms with E-state index in [9.17, 15) is 24.3 Å². The summed E-state index contributed by atoms with van der Waals surface area (Å²) >= 11 is 31.5. The highest BCUT2D eigenvalue weighted by atomic mass is 35.5. The van der Waals surface area contributed by atoms with Gasteiger partial charge in [0, 0.05) is 6.08 Å². The van der Waals surface area contributed by atoms with E-state index in [4.69, 9.17) is 88.9 Å². The number of allylic oxidation sites excluding steroid dienone is 3. The lowest BCUT2D eigenvalue weighted by molar-refractivity contribution is -0.135. The Labute approximate surface area is 270 Å². The number of carboxylic acids is 1. The fraction of sp³-hybridized carbons (Fsp3) is 0.185. The lowest BCUT2D eigenvalue weighted by Crippen LogP contribution is -2.16. The van der Waals surface area contributed by atoms with Gasteiger partial charge in [0.15, 0.2) is 17.3 Å². The standard InChI is InChI=1S/C25H20Cl4O7.C2H2Cl2O2/c1-14-11-15(5-9-19(14)35-24(32)22(26)27)3-7-17(30)13-18(31)8-4-16-6-10-20(21(12-16)34-2)36-25(33)23(28)29;3-1(4)2(5)6/h3-13,22-23,30H,1-2H3;1H,(H,5,6)/b7-3+,8-4+,17-13-;. The Kier molecular flexibility index (Phi) is 16.4. The molecule has 0 aliphatic carbocycles. The Balaban J connectivity index is 0.00000132. The minimum atomic E-state index is -1.34. The number of aryl methyl sites for hydroxylation is 1. The number of rotatable bonds is 11. The summed E-state index contributed by atoms with van der Waals surface area (Å²) in [5.74, 6) is -2.96. The molecule has 0 saturated heterocycles. The summed E-state index contributed by atoms with van der Waals surface area (Å²) in [6, 6.07) is 9.50. The highest BCUT2D eigenvalue weighted by molar-refractivity contribution is 6.53. The maximum atomic E-state index is 12.2. The Hall–Kier alpha value is -2.92. The number of aliphatic hydroxyl groups excluding tert-OH is 1. The summed E-state index contributed by atoms with van der Waals surface area (Å²) < 4.78 is 15.3. The molecule has 226 valence electrons. The van der Waals surface area contributed by atoms with Gasteiger partial charge in [-0.25, -0.2) is 14.4 Å². The lowest BCUT2D eigenvalue weighted by atomic mass is 10.1. The van der Waals surface area contributed by atoms with Crippen molar-refractivity contribution >= 4 is 105 Å². The Morgan fingerprint density at radius 1 is 0.714 bits per heavy atom. The number of methoxy groups -OCH3 is 1. The molecule has 0 saturated carbocycles. The smallest absolute Gasteiger partial charge is 0.344 e. The second kappa shape index (κ2) is 18.6. The zero-order chi connectivity index (χ0) is 32.0. The highest BCUT2D eigenvalue weighted by Gasteiger charge is 2.17. The average Bonchev–Trinajstić information content (AvgIpc) is 2.92. The van der Waals surface area contributed by atoms with Crippen molar-refractivity contribution in [2.45, 2.75) is 21.4 Å². The molecule has 42 heavy (non-hydrogen) atoms. The van der Waals surface area contributed by atoms with Crippen molar-refractivity contribution in [1.29, 1.82) is 0 Å². The van der Waals surface area contributed by atoms with E-state index in [-0.39, 0.29) is 17.3 Å². The highest BCUT2D eigenvalue weighted by Crippen LogP contribution is 2.29. The van der Waals surface area contributed by atoms with Gasteiger partial charge in [0.2, 0.25) is 14.5 Å². The fourth-order valence-electron chi connectivity index (χ4n) is 2.67. The number of benzene rings is 2. The van der Waals surface area contributed by atoms with Crippen LogP contribution >= 0.6 is 69.6 Å². The summed E-state index contributed by atoms with van der Waals surface area (Å²) in [5.41, 5.74) is 1.90. The molecule has 0 bridgehead atoms. The van der Waals surface area contributed by atoms with Crippen LogP contribution in [0.15, 0.2) is 60.4 Å². The summed E-state index contributed by atoms with van der Waals surface area (Å²) in [6.07, 6.45) is 6.68. The molecule has 0 amide bonds. The molecule has 0 heterocycles. The van der Waals surface area contributed by atoms with Crippen LogP contribution in [0.5, 0.6) is 17.2 Å². The molecule has 0 unspecified atom stereocenters. The van der Waals surface area contributed by atoms with E-state index in [0.717, 1.165) is 6.08 Å². The van der Waals surface area contributed by atoms with E-state index < -0.39 is 38.2 Å². The molecule has 0 aliphatic rings. The van der Waals surface area contributed by atoms with Crippen LogP contribution in [0.25, 0.3) is 12.2 Å². The number of aliphatic hydroxyl groups is 1. The topological polar surface area (TPSA) is 136 Å². The van der Waals surface area contributed by atoms with Crippen molar-refractivity contribution < 1.29 is 43.6 Å². The molecule has 0 spiro atoms. The number of carbonyl (C=O) groups is 4. The largest absolute Gasteiger partial charge is 0.508 e. The van der Waals surface area contributed by atoms with Gasteiger partial charge in [0.05, 0.1) is 7.11 Å². The van der Waals surface area contributed by atoms with Gasteiger partial charge in [-0.15, -0.1) is 0 Å². The van der Waals surface area contributed by atoms with E-state index in [1.54, 1.807) is 37.3 Å². The molecule has 2 rings (SSSR count). The second-order valence-corrected chi connectivity index (χ2v) is 10.9. The lowest BCUT2D eigenvalue weighted by Gasteiger charge is -2.10. The first-order valence-corrected chi connectivity index (χ1v) is 13.9. The van der Waals surface area contributed by atoms with Crippen LogP contribution in [0.4, 0.5) is 0 Å². The van der Waals surface area contributed by atoms with E-state index in [0.29, 0.717) is 22.4 Å². The third-order valence-corrected chi connectivity index (χ3v) is 5.61. The summed E-state index contributed by atoms with van der Waals surface area (Å²) in [7, 11) is 1.38. The zero-order valence-electron chi connectivity index (χ0n) is 21.6. The first-order valence-electron chi connectivity index (χ1n) is 11.2. The number of carboxylic acid groups (broad SMARTS) is 1. The predicted molar refractivity (Wildman–Crippen MR) is 163 cm³/mol. The summed E-state index contributed by atoms with van der Waals surface area (Å²) in [6.45, 7) is 1.72. The first kappa shape index (κ1) is 37.1. The fourth-order valence-corrected chi connectivity index (χ4v) is 2.85. The number of carbonyl (C=O) groups excluding carboxylic acids is 3. The second-order valence-electron chi connectivity index (χ2n) is 7.66. The van der Waals surface area contributed by atoms with Crippen molar-refractivity contribution in [3.63, 3.8) is 0 Å². The van der Waals surface area contributed by atoms with E-state index >= 15 is 0 Å². The van der Waals surface area contributed by atoms with Crippen LogP contribution in [-0.2, 0) is 19.2 Å². The number of aliphatic carboxylic acids is 1. The minimum absolute atomic E-state index is 0.115. The van der Waals surface area contributed by atoms with Gasteiger partial charge in [0.25, 0.3) is 0 Å². The molecule has 0 aliphatic heterocycles. The molecule has 9 nitrogen and oxygen atoms in total.